The number of phenols is 2. The molecule has 0 saturated carbocycles. The molecule has 2 rings (SSSR count). The molecule has 0 bridgehead atoms. The van der Waals surface area contributed by atoms with Gasteiger partial charge in [-0.25, -0.2) is 0 Å². The highest BCUT2D eigenvalue weighted by Gasteiger charge is 2.09. The first-order valence-corrected chi connectivity index (χ1v) is 4.06. The topological polar surface area (TPSA) is 57.5 Å². The van der Waals surface area contributed by atoms with E-state index in [1.165, 1.54) is 6.07 Å². The van der Waals surface area contributed by atoms with Crippen LogP contribution >= 0.6 is 0 Å². The lowest BCUT2D eigenvalue weighted by Crippen LogP contribution is -1.84. The van der Waals surface area contributed by atoms with Crippen molar-refractivity contribution in [2.24, 2.45) is 0 Å². The quantitative estimate of drug-likeness (QED) is 0.668. The largest absolute Gasteiger partial charge is 0.507 e. The van der Waals surface area contributed by atoms with Crippen LogP contribution in [-0.2, 0) is 4.79 Å². The van der Waals surface area contributed by atoms with Gasteiger partial charge in [-0.2, -0.15) is 0 Å². The van der Waals surface area contributed by atoms with Crippen molar-refractivity contribution >= 4 is 17.1 Å². The number of rotatable bonds is 1. The molecule has 14 heavy (non-hydrogen) atoms. The van der Waals surface area contributed by atoms with E-state index in [9.17, 15) is 15.0 Å². The van der Waals surface area contributed by atoms with Gasteiger partial charge in [0.1, 0.15) is 11.5 Å². The van der Waals surface area contributed by atoms with Crippen molar-refractivity contribution in [1.29, 1.82) is 0 Å². The molecule has 0 fully saturated rings. The van der Waals surface area contributed by atoms with E-state index >= 15 is 0 Å². The first-order valence-electron chi connectivity index (χ1n) is 4.06. The Kier molecular flexibility index (Phi) is 1.85. The maximum absolute atomic E-state index is 10.4. The Labute approximate surface area is 80.2 Å². The average Bonchev–Trinajstić information content (AvgIpc) is 2.23. The van der Waals surface area contributed by atoms with Crippen molar-refractivity contribution in [2.45, 2.75) is 0 Å². The molecule has 0 heterocycles. The summed E-state index contributed by atoms with van der Waals surface area (Å²) in [5.41, 5.74) is -0.0267. The highest BCUT2D eigenvalue weighted by Crippen LogP contribution is 2.33. The highest BCUT2D eigenvalue weighted by molar-refractivity contribution is 5.99. The summed E-state index contributed by atoms with van der Waals surface area (Å²) in [6.07, 6.45) is 1.57. The summed E-state index contributed by atoms with van der Waals surface area (Å²) in [6.45, 7) is 0. The van der Waals surface area contributed by atoms with Crippen LogP contribution < -0.4 is 0 Å². The van der Waals surface area contributed by atoms with E-state index in [1.807, 2.05) is 0 Å². The predicted molar refractivity (Wildman–Crippen MR) is 52.1 cm³/mol. The molecule has 2 aromatic rings. The van der Waals surface area contributed by atoms with Gasteiger partial charge in [0.15, 0.2) is 0 Å². The SMILES string of the molecule is O=[C]c1cc(O)c2ccccc2c1O. The number of aromatic hydroxyl groups is 2. The molecule has 69 valence electrons. The molecule has 2 aromatic carbocycles. The van der Waals surface area contributed by atoms with Crippen LogP contribution in [0.1, 0.15) is 5.56 Å². The minimum Gasteiger partial charge on any atom is -0.507 e. The van der Waals surface area contributed by atoms with Crippen molar-refractivity contribution in [1.82, 2.24) is 0 Å². The number of hydrogen-bond donors (Lipinski definition) is 2. The second-order valence-electron chi connectivity index (χ2n) is 2.94. The highest BCUT2D eigenvalue weighted by atomic mass is 16.3. The molecule has 3 heteroatoms. The Morgan fingerprint density at radius 3 is 2.36 bits per heavy atom. The van der Waals surface area contributed by atoms with E-state index in [0.29, 0.717) is 10.8 Å². The van der Waals surface area contributed by atoms with Gasteiger partial charge in [-0.3, -0.25) is 4.79 Å². The number of benzene rings is 2. The van der Waals surface area contributed by atoms with Crippen LogP contribution in [0.4, 0.5) is 0 Å². The molecule has 0 saturated heterocycles. The van der Waals surface area contributed by atoms with Gasteiger partial charge in [0.05, 0.1) is 5.56 Å². The van der Waals surface area contributed by atoms with E-state index in [0.717, 1.165) is 0 Å². The minimum absolute atomic E-state index is 0.0267. The van der Waals surface area contributed by atoms with Gasteiger partial charge in [0, 0.05) is 10.8 Å². The van der Waals surface area contributed by atoms with E-state index in [1.54, 1.807) is 30.6 Å². The van der Waals surface area contributed by atoms with Crippen LogP contribution in [0.5, 0.6) is 11.5 Å². The van der Waals surface area contributed by atoms with Gasteiger partial charge in [-0.05, 0) is 6.07 Å². The Balaban J connectivity index is 2.94. The van der Waals surface area contributed by atoms with Gasteiger partial charge < -0.3 is 10.2 Å². The smallest absolute Gasteiger partial charge is 0.237 e. The van der Waals surface area contributed by atoms with Crippen LogP contribution in [0.3, 0.4) is 0 Å². The Bertz CT molecular complexity index is 503. The molecule has 0 amide bonds. The zero-order valence-corrected chi connectivity index (χ0v) is 7.19. The zero-order valence-electron chi connectivity index (χ0n) is 7.19. The molecule has 0 atom stereocenters. The first-order chi connectivity index (χ1) is 6.74. The fourth-order valence-corrected chi connectivity index (χ4v) is 1.42. The molecule has 0 aliphatic rings. The lowest BCUT2D eigenvalue weighted by Gasteiger charge is -2.04. The van der Waals surface area contributed by atoms with Gasteiger partial charge in [0.2, 0.25) is 6.29 Å². The third kappa shape index (κ3) is 1.10. The molecule has 1 radical (unpaired) electrons. The summed E-state index contributed by atoms with van der Waals surface area (Å²) < 4.78 is 0. The lowest BCUT2D eigenvalue weighted by molar-refractivity contribution is 0.467. The lowest BCUT2D eigenvalue weighted by atomic mass is 10.1. The summed E-state index contributed by atoms with van der Waals surface area (Å²) in [5, 5.41) is 20.1. The van der Waals surface area contributed by atoms with Crippen molar-refractivity contribution in [3.05, 3.63) is 35.9 Å². The first kappa shape index (κ1) is 8.56. The fourth-order valence-electron chi connectivity index (χ4n) is 1.42. The monoisotopic (exact) mass is 187 g/mol. The van der Waals surface area contributed by atoms with Gasteiger partial charge in [-0.15, -0.1) is 0 Å². The van der Waals surface area contributed by atoms with Crippen LogP contribution in [0.2, 0.25) is 0 Å². The summed E-state index contributed by atoms with van der Waals surface area (Å²) in [4.78, 5) is 10.4. The molecule has 0 unspecified atom stereocenters. The van der Waals surface area contributed by atoms with Gasteiger partial charge in [0.25, 0.3) is 0 Å². The minimum atomic E-state index is -0.145. The van der Waals surface area contributed by atoms with Crippen molar-refractivity contribution in [2.75, 3.05) is 0 Å². The maximum Gasteiger partial charge on any atom is 0.237 e. The molecule has 0 aliphatic heterocycles. The van der Waals surface area contributed by atoms with E-state index in [4.69, 9.17) is 0 Å². The fraction of sp³-hybridized carbons (Fsp3) is 0. The van der Waals surface area contributed by atoms with Crippen LogP contribution in [0, 0.1) is 0 Å². The van der Waals surface area contributed by atoms with Crippen LogP contribution in [-0.4, -0.2) is 16.5 Å². The van der Waals surface area contributed by atoms with Gasteiger partial charge in [-0.1, -0.05) is 24.3 Å². The van der Waals surface area contributed by atoms with Crippen LogP contribution in [0.25, 0.3) is 10.8 Å². The summed E-state index contributed by atoms with van der Waals surface area (Å²) in [7, 11) is 0. The van der Waals surface area contributed by atoms with Gasteiger partial charge >= 0.3 is 0 Å². The maximum atomic E-state index is 10.4. The third-order valence-electron chi connectivity index (χ3n) is 2.10. The van der Waals surface area contributed by atoms with E-state index in [2.05, 4.69) is 0 Å². The predicted octanol–water partition coefficient (Wildman–Crippen LogP) is 1.71. The van der Waals surface area contributed by atoms with E-state index < -0.39 is 0 Å². The average molecular weight is 187 g/mol. The van der Waals surface area contributed by atoms with Crippen molar-refractivity contribution in [3.63, 3.8) is 0 Å². The standard InChI is InChI=1S/C11H7O3/c12-6-7-5-10(13)8-3-1-2-4-9(8)11(7)14/h1-5,13-14H. The summed E-state index contributed by atoms with van der Waals surface area (Å²) in [5.74, 6) is -0.176. The Hall–Kier alpha value is -2.03. The van der Waals surface area contributed by atoms with Crippen molar-refractivity contribution in [3.8, 4) is 11.5 Å². The number of fused-ring (bicyclic) bond motifs is 1. The second-order valence-corrected chi connectivity index (χ2v) is 2.94. The van der Waals surface area contributed by atoms with E-state index in [-0.39, 0.29) is 17.1 Å². The number of carbonyl (C=O) groups excluding carboxylic acids is 1. The number of phenolic OH excluding ortho intramolecular Hbond substituents is 2. The molecule has 2 N–H and O–H groups in total. The molecule has 0 spiro atoms. The molecule has 0 aliphatic carbocycles. The summed E-state index contributed by atoms with van der Waals surface area (Å²) in [6, 6.07) is 7.96. The molecular weight excluding hydrogens is 180 g/mol. The Morgan fingerprint density at radius 1 is 1.07 bits per heavy atom. The van der Waals surface area contributed by atoms with Crippen LogP contribution in [0.15, 0.2) is 30.3 Å². The zero-order chi connectivity index (χ0) is 10.1. The molecule has 3 nitrogen and oxygen atoms in total. The molecular formula is C11H7O3. The molecule has 0 aromatic heterocycles. The summed E-state index contributed by atoms with van der Waals surface area (Å²) >= 11 is 0. The number of hydrogen-bond acceptors (Lipinski definition) is 3. The third-order valence-corrected chi connectivity index (χ3v) is 2.10. The Morgan fingerprint density at radius 2 is 1.71 bits per heavy atom. The van der Waals surface area contributed by atoms with Crippen molar-refractivity contribution < 1.29 is 15.0 Å². The second kappa shape index (κ2) is 3.03. The normalized spacial score (nSPS) is 10.3.